The van der Waals surface area contributed by atoms with Gasteiger partial charge in [-0.25, -0.2) is 0 Å². The number of nitrogens with one attached hydrogen (secondary N) is 2. The normalized spacial score (nSPS) is 10.2. The predicted molar refractivity (Wildman–Crippen MR) is 60.0 cm³/mol. The molecule has 1 aromatic heterocycles. The second-order valence-electron chi connectivity index (χ2n) is 2.82. The number of H-pyrrole nitrogens is 1. The van der Waals surface area contributed by atoms with Crippen LogP contribution in [-0.4, -0.2) is 4.98 Å². The first-order valence-electron chi connectivity index (χ1n) is 3.98. The Bertz CT molecular complexity index is 445. The maximum Gasteiger partial charge on any atom is 0.0621 e. The molecule has 2 rings (SSSR count). The van der Waals surface area contributed by atoms with Crippen molar-refractivity contribution >= 4 is 29.2 Å². The summed E-state index contributed by atoms with van der Waals surface area (Å²) in [7, 11) is 0. The topological polar surface area (TPSA) is 27.8 Å². The Hall–Kier alpha value is -1.35. The Morgan fingerprint density at radius 2 is 2.23 bits per heavy atom. The van der Waals surface area contributed by atoms with Gasteiger partial charge in [-0.2, -0.15) is 0 Å². The van der Waals surface area contributed by atoms with E-state index in [4.69, 9.17) is 0 Å². The molecule has 0 spiro atoms. The third-order valence-corrected chi connectivity index (χ3v) is 1.99. The molecule has 0 saturated heterocycles. The van der Waals surface area contributed by atoms with Crippen molar-refractivity contribution in [3.8, 4) is 0 Å². The average Bonchev–Trinajstić information content (AvgIpc) is 2.51. The molecule has 0 amide bonds. The van der Waals surface area contributed by atoms with Crippen LogP contribution in [0.2, 0.25) is 0 Å². The van der Waals surface area contributed by atoms with Gasteiger partial charge in [-0.3, -0.25) is 0 Å². The molecule has 2 aromatic rings. The van der Waals surface area contributed by atoms with Gasteiger partial charge in [-0.1, -0.05) is 12.6 Å². The van der Waals surface area contributed by atoms with Crippen LogP contribution in [0.3, 0.4) is 0 Å². The first kappa shape index (κ1) is 8.26. The van der Waals surface area contributed by atoms with E-state index in [1.54, 1.807) is 0 Å². The molecule has 2 nitrogen and oxygen atoms in total. The molecule has 0 fully saturated rings. The molecule has 0 aliphatic rings. The minimum Gasteiger partial charge on any atom is -0.361 e. The highest BCUT2D eigenvalue weighted by Crippen LogP contribution is 2.23. The standard InChI is InChI=1S/C10H10N2S/c1-7(13)12-10-4-2-3-9-8(10)5-6-11-9/h2-6,11-13H,1H2. The lowest BCUT2D eigenvalue weighted by atomic mass is 10.2. The number of aromatic nitrogens is 1. The monoisotopic (exact) mass is 190 g/mol. The number of hydrogen-bond acceptors (Lipinski definition) is 2. The molecule has 0 unspecified atom stereocenters. The van der Waals surface area contributed by atoms with Gasteiger partial charge in [0.05, 0.1) is 5.03 Å². The zero-order valence-corrected chi connectivity index (χ0v) is 7.94. The molecule has 0 aliphatic carbocycles. The SMILES string of the molecule is C=C(S)Nc1cccc2[nH]ccc12. The minimum atomic E-state index is 0.647. The van der Waals surface area contributed by atoms with E-state index in [9.17, 15) is 0 Å². The summed E-state index contributed by atoms with van der Waals surface area (Å²) in [5.74, 6) is 0. The van der Waals surface area contributed by atoms with Gasteiger partial charge in [-0.15, -0.1) is 12.6 Å². The molecule has 0 saturated carbocycles. The molecule has 2 N–H and O–H groups in total. The molecule has 0 aliphatic heterocycles. The number of thiol groups is 1. The Balaban J connectivity index is 2.54. The second-order valence-corrected chi connectivity index (χ2v) is 3.36. The van der Waals surface area contributed by atoms with E-state index in [1.807, 2.05) is 30.5 Å². The summed E-state index contributed by atoms with van der Waals surface area (Å²) >= 11 is 4.10. The molecule has 0 bridgehead atoms. The van der Waals surface area contributed by atoms with E-state index in [1.165, 1.54) is 0 Å². The summed E-state index contributed by atoms with van der Waals surface area (Å²) in [4.78, 5) is 3.14. The van der Waals surface area contributed by atoms with Crippen LogP contribution >= 0.6 is 12.6 Å². The Labute approximate surface area is 82.1 Å². The van der Waals surface area contributed by atoms with E-state index in [0.29, 0.717) is 5.03 Å². The Morgan fingerprint density at radius 1 is 1.38 bits per heavy atom. The van der Waals surface area contributed by atoms with Gasteiger partial charge in [0.25, 0.3) is 0 Å². The molecule has 3 heteroatoms. The molecule has 0 radical (unpaired) electrons. The highest BCUT2D eigenvalue weighted by Gasteiger charge is 1.99. The fourth-order valence-electron chi connectivity index (χ4n) is 1.35. The van der Waals surface area contributed by atoms with Crippen molar-refractivity contribution in [2.24, 2.45) is 0 Å². The molecule has 13 heavy (non-hydrogen) atoms. The van der Waals surface area contributed by atoms with Gasteiger partial charge >= 0.3 is 0 Å². The quantitative estimate of drug-likeness (QED) is 0.624. The average molecular weight is 190 g/mol. The first-order chi connectivity index (χ1) is 6.27. The van der Waals surface area contributed by atoms with Crippen molar-refractivity contribution in [2.45, 2.75) is 0 Å². The lowest BCUT2D eigenvalue weighted by Crippen LogP contribution is -1.91. The fourth-order valence-corrected chi connectivity index (χ4v) is 1.47. The second kappa shape index (κ2) is 3.18. The Morgan fingerprint density at radius 3 is 3.00 bits per heavy atom. The van der Waals surface area contributed by atoms with Crippen LogP contribution in [0.1, 0.15) is 0 Å². The number of rotatable bonds is 2. The van der Waals surface area contributed by atoms with E-state index >= 15 is 0 Å². The van der Waals surface area contributed by atoms with Crippen LogP contribution in [-0.2, 0) is 0 Å². The summed E-state index contributed by atoms with van der Waals surface area (Å²) in [5.41, 5.74) is 2.14. The van der Waals surface area contributed by atoms with E-state index in [2.05, 4.69) is 29.5 Å². The summed E-state index contributed by atoms with van der Waals surface area (Å²) in [6.07, 6.45) is 1.91. The Kier molecular flexibility index (Phi) is 2.02. The molecule has 0 atom stereocenters. The highest BCUT2D eigenvalue weighted by atomic mass is 32.1. The molecular formula is C10H10N2S. The fraction of sp³-hybridized carbons (Fsp3) is 0. The van der Waals surface area contributed by atoms with Gasteiger partial charge in [0.15, 0.2) is 0 Å². The maximum absolute atomic E-state index is 4.10. The predicted octanol–water partition coefficient (Wildman–Crippen LogP) is 2.98. The van der Waals surface area contributed by atoms with Gasteiger partial charge in [-0.05, 0) is 18.2 Å². The summed E-state index contributed by atoms with van der Waals surface area (Å²) in [6.45, 7) is 3.68. The van der Waals surface area contributed by atoms with E-state index in [-0.39, 0.29) is 0 Å². The van der Waals surface area contributed by atoms with Gasteiger partial charge in [0.1, 0.15) is 0 Å². The van der Waals surface area contributed by atoms with Crippen molar-refractivity contribution in [3.63, 3.8) is 0 Å². The van der Waals surface area contributed by atoms with Crippen molar-refractivity contribution in [3.05, 3.63) is 42.1 Å². The van der Waals surface area contributed by atoms with E-state index < -0.39 is 0 Å². The van der Waals surface area contributed by atoms with Crippen molar-refractivity contribution in [1.29, 1.82) is 0 Å². The number of fused-ring (bicyclic) bond motifs is 1. The van der Waals surface area contributed by atoms with Gasteiger partial charge < -0.3 is 10.3 Å². The van der Waals surface area contributed by atoms with Crippen LogP contribution in [0.4, 0.5) is 5.69 Å². The van der Waals surface area contributed by atoms with Crippen LogP contribution in [0.25, 0.3) is 10.9 Å². The van der Waals surface area contributed by atoms with Crippen molar-refractivity contribution in [1.82, 2.24) is 4.98 Å². The van der Waals surface area contributed by atoms with Crippen molar-refractivity contribution < 1.29 is 0 Å². The molecule has 1 aromatic carbocycles. The van der Waals surface area contributed by atoms with Crippen LogP contribution in [0.5, 0.6) is 0 Å². The lowest BCUT2D eigenvalue weighted by molar-refractivity contribution is 1.48. The zero-order chi connectivity index (χ0) is 9.26. The summed E-state index contributed by atoms with van der Waals surface area (Å²) in [5, 5.41) is 4.88. The third-order valence-electron chi connectivity index (χ3n) is 1.87. The minimum absolute atomic E-state index is 0.647. The molecular weight excluding hydrogens is 180 g/mol. The number of aromatic amines is 1. The first-order valence-corrected chi connectivity index (χ1v) is 4.43. The third kappa shape index (κ3) is 1.55. The van der Waals surface area contributed by atoms with E-state index in [0.717, 1.165) is 16.6 Å². The van der Waals surface area contributed by atoms with Gasteiger partial charge in [0.2, 0.25) is 0 Å². The van der Waals surface area contributed by atoms with Gasteiger partial charge in [0, 0.05) is 22.8 Å². The number of anilines is 1. The molecule has 1 heterocycles. The number of hydrogen-bond donors (Lipinski definition) is 3. The maximum atomic E-state index is 4.10. The van der Waals surface area contributed by atoms with Crippen LogP contribution in [0, 0.1) is 0 Å². The number of benzene rings is 1. The largest absolute Gasteiger partial charge is 0.361 e. The smallest absolute Gasteiger partial charge is 0.0621 e. The molecule has 66 valence electrons. The summed E-state index contributed by atoms with van der Waals surface area (Å²) in [6, 6.07) is 8.03. The summed E-state index contributed by atoms with van der Waals surface area (Å²) < 4.78 is 0. The zero-order valence-electron chi connectivity index (χ0n) is 7.04. The lowest BCUT2D eigenvalue weighted by Gasteiger charge is -2.05. The van der Waals surface area contributed by atoms with Crippen LogP contribution < -0.4 is 5.32 Å². The van der Waals surface area contributed by atoms with Crippen molar-refractivity contribution in [2.75, 3.05) is 5.32 Å². The highest BCUT2D eigenvalue weighted by molar-refractivity contribution is 7.84. The van der Waals surface area contributed by atoms with Crippen LogP contribution in [0.15, 0.2) is 42.1 Å².